The second-order valence-electron chi connectivity index (χ2n) is 2.77. The molecule has 1 fully saturated rings. The van der Waals surface area contributed by atoms with Crippen LogP contribution in [0.5, 0.6) is 0 Å². The number of piperidine rings is 1. The van der Waals surface area contributed by atoms with E-state index in [0.717, 1.165) is 25.6 Å². The van der Waals surface area contributed by atoms with Crippen molar-refractivity contribution >= 4 is 22.5 Å². The molecule has 1 heterocycles. The molecule has 1 N–H and O–H groups in total. The second kappa shape index (κ2) is 5.01. The zero-order chi connectivity index (χ0) is 8.32. The molecule has 0 aliphatic carbocycles. The third-order valence-electron chi connectivity index (χ3n) is 1.56. The fraction of sp³-hybridized carbons (Fsp3) is 1.00. The summed E-state index contributed by atoms with van der Waals surface area (Å²) in [4.78, 5) is 0. The molecule has 0 amide bonds. The van der Waals surface area contributed by atoms with Crippen molar-refractivity contribution in [2.75, 3.05) is 19.3 Å². The minimum absolute atomic E-state index is 0. The highest BCUT2D eigenvalue weighted by molar-refractivity contribution is 7.86. The van der Waals surface area contributed by atoms with Gasteiger partial charge in [-0.1, -0.05) is 0 Å². The summed E-state index contributed by atoms with van der Waals surface area (Å²) in [5.41, 5.74) is 0. The molecule has 1 saturated heterocycles. The molecule has 0 aromatic carbocycles. The Kier molecular flexibility index (Phi) is 5.08. The molecule has 1 atom stereocenters. The van der Waals surface area contributed by atoms with Crippen LogP contribution in [0.2, 0.25) is 0 Å². The monoisotopic (exact) mass is 215 g/mol. The number of hydrogen-bond donors (Lipinski definition) is 1. The van der Waals surface area contributed by atoms with Crippen LogP contribution in [0.4, 0.5) is 0 Å². The molecule has 0 bridgehead atoms. The maximum absolute atomic E-state index is 10.6. The van der Waals surface area contributed by atoms with Crippen LogP contribution in [0.3, 0.4) is 0 Å². The van der Waals surface area contributed by atoms with Gasteiger partial charge < -0.3 is 5.32 Å². The summed E-state index contributed by atoms with van der Waals surface area (Å²) in [6, 6.07) is 0. The molecule has 1 rings (SSSR count). The topological polar surface area (TPSA) is 55.4 Å². The molecule has 0 radical (unpaired) electrons. The summed E-state index contributed by atoms with van der Waals surface area (Å²) in [6.45, 7) is 1.61. The maximum atomic E-state index is 10.6. The van der Waals surface area contributed by atoms with Crippen molar-refractivity contribution in [2.24, 2.45) is 0 Å². The molecular weight excluding hydrogens is 202 g/mol. The first kappa shape index (κ1) is 12.2. The zero-order valence-corrected chi connectivity index (χ0v) is 8.58. The van der Waals surface area contributed by atoms with Gasteiger partial charge in [-0.15, -0.1) is 12.4 Å². The van der Waals surface area contributed by atoms with Crippen molar-refractivity contribution in [2.45, 2.75) is 18.9 Å². The average molecular weight is 216 g/mol. The van der Waals surface area contributed by atoms with Crippen LogP contribution in [0, 0.1) is 0 Å². The third-order valence-corrected chi connectivity index (χ3v) is 2.18. The molecule has 4 nitrogen and oxygen atoms in total. The SMILES string of the molecule is CS(=O)(=O)OC1CCCNC1.Cl. The van der Waals surface area contributed by atoms with Crippen molar-refractivity contribution in [1.29, 1.82) is 0 Å². The molecule has 6 heteroatoms. The summed E-state index contributed by atoms with van der Waals surface area (Å²) in [5.74, 6) is 0. The number of rotatable bonds is 2. The summed E-state index contributed by atoms with van der Waals surface area (Å²) in [6.07, 6.45) is 2.75. The van der Waals surface area contributed by atoms with E-state index in [0.29, 0.717) is 6.54 Å². The molecule has 1 aliphatic rings. The molecule has 0 aromatic heterocycles. The van der Waals surface area contributed by atoms with Gasteiger partial charge in [0.15, 0.2) is 0 Å². The highest BCUT2D eigenvalue weighted by Crippen LogP contribution is 2.07. The van der Waals surface area contributed by atoms with E-state index in [1.54, 1.807) is 0 Å². The largest absolute Gasteiger partial charge is 0.314 e. The van der Waals surface area contributed by atoms with Crippen molar-refractivity contribution in [3.05, 3.63) is 0 Å². The number of nitrogens with one attached hydrogen (secondary N) is 1. The highest BCUT2D eigenvalue weighted by atomic mass is 35.5. The lowest BCUT2D eigenvalue weighted by atomic mass is 10.1. The van der Waals surface area contributed by atoms with Gasteiger partial charge in [-0.25, -0.2) is 0 Å². The molecule has 0 aromatic rings. The summed E-state index contributed by atoms with van der Waals surface area (Å²) in [7, 11) is -3.26. The smallest absolute Gasteiger partial charge is 0.264 e. The predicted molar refractivity (Wildman–Crippen MR) is 49.1 cm³/mol. The van der Waals surface area contributed by atoms with Crippen molar-refractivity contribution in [3.63, 3.8) is 0 Å². The Bertz CT molecular complexity index is 211. The van der Waals surface area contributed by atoms with Crippen LogP contribution < -0.4 is 5.32 Å². The van der Waals surface area contributed by atoms with E-state index in [1.165, 1.54) is 0 Å². The predicted octanol–water partition coefficient (Wildman–Crippen LogP) is 0.136. The normalized spacial score (nSPS) is 24.6. The summed E-state index contributed by atoms with van der Waals surface area (Å²) >= 11 is 0. The van der Waals surface area contributed by atoms with Gasteiger partial charge in [-0.05, 0) is 19.4 Å². The van der Waals surface area contributed by atoms with Crippen LogP contribution >= 0.6 is 12.4 Å². The van der Waals surface area contributed by atoms with E-state index in [1.807, 2.05) is 0 Å². The van der Waals surface area contributed by atoms with E-state index in [9.17, 15) is 8.42 Å². The first-order valence-corrected chi connectivity index (χ1v) is 5.48. The van der Waals surface area contributed by atoms with Crippen molar-refractivity contribution in [3.8, 4) is 0 Å². The Morgan fingerprint density at radius 3 is 2.58 bits per heavy atom. The Labute approximate surface area is 79.2 Å². The molecule has 12 heavy (non-hydrogen) atoms. The molecule has 74 valence electrons. The molecule has 0 saturated carbocycles. The van der Waals surface area contributed by atoms with E-state index in [-0.39, 0.29) is 18.5 Å². The van der Waals surface area contributed by atoms with E-state index < -0.39 is 10.1 Å². The Morgan fingerprint density at radius 2 is 2.17 bits per heavy atom. The van der Waals surface area contributed by atoms with E-state index in [2.05, 4.69) is 5.32 Å². The van der Waals surface area contributed by atoms with E-state index in [4.69, 9.17) is 4.18 Å². The first-order chi connectivity index (χ1) is 5.08. The molecule has 0 spiro atoms. The maximum Gasteiger partial charge on any atom is 0.264 e. The van der Waals surface area contributed by atoms with Gasteiger partial charge in [0.25, 0.3) is 10.1 Å². The van der Waals surface area contributed by atoms with Gasteiger partial charge in [-0.2, -0.15) is 8.42 Å². The standard InChI is InChI=1S/C6H13NO3S.ClH/c1-11(8,9)10-6-3-2-4-7-5-6;/h6-7H,2-5H2,1H3;1H. The zero-order valence-electron chi connectivity index (χ0n) is 6.95. The fourth-order valence-electron chi connectivity index (χ4n) is 1.15. The third kappa shape index (κ3) is 4.92. The highest BCUT2D eigenvalue weighted by Gasteiger charge is 2.17. The minimum atomic E-state index is -3.26. The van der Waals surface area contributed by atoms with Gasteiger partial charge in [0, 0.05) is 6.54 Å². The summed E-state index contributed by atoms with van der Waals surface area (Å²) < 4.78 is 26.1. The minimum Gasteiger partial charge on any atom is -0.314 e. The van der Waals surface area contributed by atoms with Gasteiger partial charge in [0.1, 0.15) is 0 Å². The van der Waals surface area contributed by atoms with Crippen molar-refractivity contribution < 1.29 is 12.6 Å². The number of halogens is 1. The Morgan fingerprint density at radius 1 is 1.50 bits per heavy atom. The van der Waals surface area contributed by atoms with Gasteiger partial charge in [-0.3, -0.25) is 4.18 Å². The summed E-state index contributed by atoms with van der Waals surface area (Å²) in [5, 5.41) is 3.07. The lowest BCUT2D eigenvalue weighted by Gasteiger charge is -2.21. The lowest BCUT2D eigenvalue weighted by Crippen LogP contribution is -2.36. The average Bonchev–Trinajstić information content (AvgIpc) is 1.85. The van der Waals surface area contributed by atoms with E-state index >= 15 is 0 Å². The van der Waals surface area contributed by atoms with Crippen LogP contribution in [-0.2, 0) is 14.3 Å². The Hall–Kier alpha value is 0.160. The molecular formula is C6H14ClNO3S. The van der Waals surface area contributed by atoms with Crippen LogP contribution in [0.25, 0.3) is 0 Å². The second-order valence-corrected chi connectivity index (χ2v) is 4.37. The van der Waals surface area contributed by atoms with Crippen LogP contribution in [-0.4, -0.2) is 33.9 Å². The van der Waals surface area contributed by atoms with Crippen LogP contribution in [0.1, 0.15) is 12.8 Å². The van der Waals surface area contributed by atoms with Crippen LogP contribution in [0.15, 0.2) is 0 Å². The quantitative estimate of drug-likeness (QED) is 0.666. The molecule has 1 unspecified atom stereocenters. The van der Waals surface area contributed by atoms with Gasteiger partial charge in [0.2, 0.25) is 0 Å². The van der Waals surface area contributed by atoms with Gasteiger partial charge in [0.05, 0.1) is 12.4 Å². The van der Waals surface area contributed by atoms with Crippen molar-refractivity contribution in [1.82, 2.24) is 5.32 Å². The fourth-order valence-corrected chi connectivity index (χ4v) is 1.81. The molecule has 1 aliphatic heterocycles. The first-order valence-electron chi connectivity index (χ1n) is 3.67. The lowest BCUT2D eigenvalue weighted by molar-refractivity contribution is 0.176. The Balaban J connectivity index is 0.00000121. The number of hydrogen-bond acceptors (Lipinski definition) is 4. The van der Waals surface area contributed by atoms with Gasteiger partial charge >= 0.3 is 0 Å².